The number of amides is 2. The molecule has 0 atom stereocenters. The predicted octanol–water partition coefficient (Wildman–Crippen LogP) is 4.03. The quantitative estimate of drug-likeness (QED) is 0.558. The Morgan fingerprint density at radius 3 is 2.50 bits per heavy atom. The van der Waals surface area contributed by atoms with E-state index in [0.29, 0.717) is 11.4 Å². The summed E-state index contributed by atoms with van der Waals surface area (Å²) in [6.45, 7) is 0.0813. The average molecular weight is 449 g/mol. The fourth-order valence-corrected chi connectivity index (χ4v) is 3.25. The van der Waals surface area contributed by atoms with E-state index in [1.807, 2.05) is 0 Å². The largest absolute Gasteiger partial charge is 0.416 e. The molecular formula is C21H19F4N5O2. The van der Waals surface area contributed by atoms with Gasteiger partial charge in [0, 0.05) is 23.8 Å². The van der Waals surface area contributed by atoms with Gasteiger partial charge in [0.15, 0.2) is 5.82 Å². The molecule has 4 rings (SSSR count). The van der Waals surface area contributed by atoms with Gasteiger partial charge in [0.05, 0.1) is 12.1 Å². The third-order valence-corrected chi connectivity index (χ3v) is 4.94. The molecule has 1 saturated carbocycles. The van der Waals surface area contributed by atoms with Crippen LogP contribution in [0.3, 0.4) is 0 Å². The zero-order chi connectivity index (χ0) is 22.9. The lowest BCUT2D eigenvalue weighted by Gasteiger charge is -2.10. The van der Waals surface area contributed by atoms with Crippen LogP contribution in [-0.4, -0.2) is 26.9 Å². The predicted molar refractivity (Wildman–Crippen MR) is 109 cm³/mol. The van der Waals surface area contributed by atoms with Crippen LogP contribution < -0.4 is 16.3 Å². The number of aromatic nitrogens is 3. The fraction of sp³-hybridized carbons (Fsp3) is 0.286. The number of carbonyl (C=O) groups is 1. The maximum absolute atomic E-state index is 13.2. The van der Waals surface area contributed by atoms with Gasteiger partial charge in [-0.25, -0.2) is 18.7 Å². The zero-order valence-electron chi connectivity index (χ0n) is 16.7. The van der Waals surface area contributed by atoms with Crippen molar-refractivity contribution in [2.75, 3.05) is 11.9 Å². The van der Waals surface area contributed by atoms with Crippen LogP contribution in [-0.2, 0) is 12.7 Å². The molecule has 0 unspecified atom stereocenters. The van der Waals surface area contributed by atoms with Crippen LogP contribution in [0.2, 0.25) is 0 Å². The maximum Gasteiger partial charge on any atom is 0.416 e. The Morgan fingerprint density at radius 1 is 1.12 bits per heavy atom. The van der Waals surface area contributed by atoms with Crippen molar-refractivity contribution in [3.8, 4) is 11.4 Å². The smallest absolute Gasteiger partial charge is 0.336 e. The standard InChI is InChI=1S/C21H19F4N5O2/c22-15-6-4-13(5-7-15)18-28-29(20(32)30(18)17-8-9-17)11-10-26-19(31)27-16-3-1-2-14(12-16)21(23,24)25/h1-7,12,17H,8-11H2,(H2,26,27,31). The van der Waals surface area contributed by atoms with Crippen molar-refractivity contribution in [1.82, 2.24) is 19.7 Å². The van der Waals surface area contributed by atoms with E-state index in [1.165, 1.54) is 28.9 Å². The summed E-state index contributed by atoms with van der Waals surface area (Å²) in [5.74, 6) is 0.0235. The number of benzene rings is 2. The van der Waals surface area contributed by atoms with Gasteiger partial charge in [0.2, 0.25) is 0 Å². The summed E-state index contributed by atoms with van der Waals surface area (Å²) in [6, 6.07) is 9.26. The highest BCUT2D eigenvalue weighted by Crippen LogP contribution is 2.36. The molecule has 2 amide bonds. The van der Waals surface area contributed by atoms with Crippen molar-refractivity contribution >= 4 is 11.7 Å². The van der Waals surface area contributed by atoms with E-state index in [-0.39, 0.29) is 30.5 Å². The molecule has 32 heavy (non-hydrogen) atoms. The Morgan fingerprint density at radius 2 is 1.84 bits per heavy atom. The lowest BCUT2D eigenvalue weighted by molar-refractivity contribution is -0.137. The average Bonchev–Trinajstić information content (AvgIpc) is 3.52. The first-order valence-corrected chi connectivity index (χ1v) is 9.90. The first-order chi connectivity index (χ1) is 15.2. The highest BCUT2D eigenvalue weighted by Gasteiger charge is 2.31. The van der Waals surface area contributed by atoms with Crippen molar-refractivity contribution in [3.05, 3.63) is 70.4 Å². The van der Waals surface area contributed by atoms with Crippen LogP contribution in [0.1, 0.15) is 24.4 Å². The Kier molecular flexibility index (Phi) is 5.72. The SMILES string of the molecule is O=C(NCCn1nc(-c2ccc(F)cc2)n(C2CC2)c1=O)Nc1cccc(C(F)(F)F)c1. The zero-order valence-corrected chi connectivity index (χ0v) is 16.7. The summed E-state index contributed by atoms with van der Waals surface area (Å²) in [7, 11) is 0. The minimum absolute atomic E-state index is 0.00824. The number of nitrogens with one attached hydrogen (secondary N) is 2. The topological polar surface area (TPSA) is 81.0 Å². The lowest BCUT2D eigenvalue weighted by Crippen LogP contribution is -2.34. The van der Waals surface area contributed by atoms with E-state index in [0.717, 1.165) is 25.0 Å². The first-order valence-electron chi connectivity index (χ1n) is 9.90. The molecule has 11 heteroatoms. The van der Waals surface area contributed by atoms with Gasteiger partial charge in [0.1, 0.15) is 5.82 Å². The highest BCUT2D eigenvalue weighted by atomic mass is 19.4. The van der Waals surface area contributed by atoms with E-state index in [4.69, 9.17) is 0 Å². The van der Waals surface area contributed by atoms with Gasteiger partial charge < -0.3 is 10.6 Å². The molecule has 2 N–H and O–H groups in total. The van der Waals surface area contributed by atoms with Crippen LogP contribution in [0, 0.1) is 5.82 Å². The van der Waals surface area contributed by atoms with Gasteiger partial charge in [-0.2, -0.15) is 13.2 Å². The Balaban J connectivity index is 1.41. The van der Waals surface area contributed by atoms with Crippen molar-refractivity contribution in [2.24, 2.45) is 0 Å². The lowest BCUT2D eigenvalue weighted by atomic mass is 10.2. The molecule has 1 fully saturated rings. The molecule has 0 saturated heterocycles. The number of nitrogens with zero attached hydrogens (tertiary/aromatic N) is 3. The number of anilines is 1. The summed E-state index contributed by atoms with van der Waals surface area (Å²) in [5.41, 5.74) is -0.622. The fourth-order valence-electron chi connectivity index (χ4n) is 3.25. The van der Waals surface area contributed by atoms with Crippen LogP contribution >= 0.6 is 0 Å². The number of halogens is 4. The number of alkyl halides is 3. The molecule has 1 aliphatic carbocycles. The highest BCUT2D eigenvalue weighted by molar-refractivity contribution is 5.89. The molecule has 168 valence electrons. The molecular weight excluding hydrogens is 430 g/mol. The molecule has 0 aliphatic heterocycles. The van der Waals surface area contributed by atoms with E-state index < -0.39 is 23.6 Å². The summed E-state index contributed by atoms with van der Waals surface area (Å²) in [5, 5.41) is 9.17. The number of hydrogen-bond donors (Lipinski definition) is 2. The van der Waals surface area contributed by atoms with Crippen LogP contribution in [0.5, 0.6) is 0 Å². The van der Waals surface area contributed by atoms with Crippen molar-refractivity contribution in [1.29, 1.82) is 0 Å². The van der Waals surface area contributed by atoms with Crippen LogP contribution in [0.15, 0.2) is 53.3 Å². The van der Waals surface area contributed by atoms with E-state index in [2.05, 4.69) is 15.7 Å². The Hall–Kier alpha value is -3.63. The Bertz CT molecular complexity index is 1180. The molecule has 0 radical (unpaired) electrons. The second kappa shape index (κ2) is 8.48. The van der Waals surface area contributed by atoms with Gasteiger partial charge in [-0.05, 0) is 55.3 Å². The second-order valence-electron chi connectivity index (χ2n) is 7.40. The van der Waals surface area contributed by atoms with E-state index >= 15 is 0 Å². The molecule has 0 bridgehead atoms. The van der Waals surface area contributed by atoms with E-state index in [9.17, 15) is 27.2 Å². The molecule has 1 heterocycles. The third-order valence-electron chi connectivity index (χ3n) is 4.94. The molecule has 7 nitrogen and oxygen atoms in total. The second-order valence-corrected chi connectivity index (χ2v) is 7.40. The van der Waals surface area contributed by atoms with E-state index in [1.54, 1.807) is 16.7 Å². The molecule has 3 aromatic rings. The molecule has 0 spiro atoms. The monoisotopic (exact) mass is 449 g/mol. The van der Waals surface area contributed by atoms with Gasteiger partial charge >= 0.3 is 17.9 Å². The van der Waals surface area contributed by atoms with Gasteiger partial charge in [0.25, 0.3) is 0 Å². The normalized spacial score (nSPS) is 13.8. The first kappa shape index (κ1) is 21.6. The minimum atomic E-state index is -4.52. The number of urea groups is 1. The van der Waals surface area contributed by atoms with Gasteiger partial charge in [-0.15, -0.1) is 5.10 Å². The summed E-state index contributed by atoms with van der Waals surface area (Å²) in [4.78, 5) is 24.8. The third kappa shape index (κ3) is 4.82. The number of carbonyl (C=O) groups excluding carboxylic acids is 1. The number of hydrogen-bond acceptors (Lipinski definition) is 3. The minimum Gasteiger partial charge on any atom is -0.336 e. The van der Waals surface area contributed by atoms with Crippen LogP contribution in [0.25, 0.3) is 11.4 Å². The molecule has 1 aromatic heterocycles. The van der Waals surface area contributed by atoms with Gasteiger partial charge in [-0.3, -0.25) is 4.57 Å². The summed E-state index contributed by atoms with van der Waals surface area (Å²) >= 11 is 0. The molecule has 2 aromatic carbocycles. The number of rotatable bonds is 6. The molecule has 1 aliphatic rings. The summed E-state index contributed by atoms with van der Waals surface area (Å²) in [6.07, 6.45) is -2.83. The van der Waals surface area contributed by atoms with Crippen molar-refractivity contribution in [3.63, 3.8) is 0 Å². The van der Waals surface area contributed by atoms with Crippen molar-refractivity contribution < 1.29 is 22.4 Å². The van der Waals surface area contributed by atoms with Crippen molar-refractivity contribution in [2.45, 2.75) is 31.6 Å². The Labute approximate surface area is 179 Å². The summed E-state index contributed by atoms with van der Waals surface area (Å²) < 4.78 is 54.4. The maximum atomic E-state index is 13.2. The van der Waals surface area contributed by atoms with Gasteiger partial charge in [-0.1, -0.05) is 6.07 Å². The van der Waals surface area contributed by atoms with Crippen LogP contribution in [0.4, 0.5) is 28.0 Å².